The van der Waals surface area contributed by atoms with Gasteiger partial charge in [-0.05, 0) is 73.6 Å². The van der Waals surface area contributed by atoms with Crippen molar-refractivity contribution in [2.24, 2.45) is 34.8 Å². The summed E-state index contributed by atoms with van der Waals surface area (Å²) in [5, 5.41) is 14.2. The van der Waals surface area contributed by atoms with Gasteiger partial charge in [-0.25, -0.2) is 0 Å². The lowest BCUT2D eigenvalue weighted by Gasteiger charge is -2.66. The monoisotopic (exact) mass is 525 g/mol. The number of H-pyrrole nitrogens is 1. The molecule has 8 aliphatic rings. The van der Waals surface area contributed by atoms with Gasteiger partial charge in [0.05, 0.1) is 24.6 Å². The Bertz CT molecular complexity index is 1490. The second-order valence-corrected chi connectivity index (χ2v) is 13.2. The molecule has 8 nitrogen and oxygen atoms in total. The van der Waals surface area contributed by atoms with Gasteiger partial charge in [0.25, 0.3) is 0 Å². The maximum atomic E-state index is 14.0. The molecule has 1 amide bonds. The number of nitriles is 1. The van der Waals surface area contributed by atoms with Crippen LogP contribution in [0, 0.1) is 40.4 Å². The van der Waals surface area contributed by atoms with E-state index in [1.807, 2.05) is 42.4 Å². The standard InChI is InChI=1S/C31H35N5O3/c1-34-14-22-17-6-16-9-30(11-17,28(33)29(38)36-19(12-32)8-21-25-26(21)27(25)36)15-31(22,10-16)39-24(37)7-18-13-35-23-5-3-2-4-20(18)23/h2-5,13,16-17,19,22,25,27-28,34-35H,6-11,14-15,33H2,1H3/t16?,17?,19-,22?,25+,27-,28+,30?,31?/m0/s1. The number of nitrogens with zero attached hydrogens (tertiary/aromatic N) is 2. The zero-order valence-corrected chi connectivity index (χ0v) is 22.3. The summed E-state index contributed by atoms with van der Waals surface area (Å²) < 4.78 is 6.58. The van der Waals surface area contributed by atoms with E-state index < -0.39 is 23.1 Å². The molecule has 10 rings (SSSR count). The highest BCUT2D eigenvalue weighted by Crippen LogP contribution is 2.70. The Hall–Kier alpha value is -3.15. The highest BCUT2D eigenvalue weighted by Gasteiger charge is 2.71. The lowest BCUT2D eigenvalue weighted by Crippen LogP contribution is -2.70. The van der Waals surface area contributed by atoms with Crippen LogP contribution in [0.2, 0.25) is 0 Å². The van der Waals surface area contributed by atoms with Crippen molar-refractivity contribution in [3.05, 3.63) is 47.2 Å². The molecule has 2 aromatic rings. The number of hydrogen-bond acceptors (Lipinski definition) is 6. The van der Waals surface area contributed by atoms with Crippen molar-refractivity contribution in [3.63, 3.8) is 0 Å². The summed E-state index contributed by atoms with van der Waals surface area (Å²) in [6, 6.07) is 9.40. The first-order valence-electron chi connectivity index (χ1n) is 14.5. The average Bonchev–Trinajstić information content (AvgIpc) is 3.81. The Balaban J connectivity index is 1.08. The van der Waals surface area contributed by atoms with E-state index in [9.17, 15) is 14.9 Å². The third kappa shape index (κ3) is 3.23. The number of piperidine rings is 1. The topological polar surface area (TPSA) is 124 Å². The van der Waals surface area contributed by atoms with Gasteiger partial charge < -0.3 is 25.7 Å². The summed E-state index contributed by atoms with van der Waals surface area (Å²) in [5.41, 5.74) is 10.7. The van der Waals surface area contributed by atoms with E-state index in [4.69, 9.17) is 10.5 Å². The number of fused-ring (bicyclic) bond motifs is 3. The normalized spacial score (nSPS) is 39.4. The lowest BCUT2D eigenvalue weighted by molar-refractivity contribution is -0.229. The summed E-state index contributed by atoms with van der Waals surface area (Å²) in [5.74, 6) is 1.11. The summed E-state index contributed by atoms with van der Waals surface area (Å²) in [4.78, 5) is 32.7. The summed E-state index contributed by atoms with van der Waals surface area (Å²) in [6.45, 7) is 0.778. The van der Waals surface area contributed by atoms with Crippen LogP contribution >= 0.6 is 0 Å². The zero-order chi connectivity index (χ0) is 26.7. The van der Waals surface area contributed by atoms with Crippen LogP contribution in [0.4, 0.5) is 0 Å². The molecule has 0 spiro atoms. The second-order valence-electron chi connectivity index (χ2n) is 13.2. The van der Waals surface area contributed by atoms with Crippen molar-refractivity contribution in [1.29, 1.82) is 5.26 Å². The number of aromatic nitrogens is 1. The van der Waals surface area contributed by atoms with Crippen LogP contribution in [0.15, 0.2) is 41.6 Å². The molecule has 5 saturated carbocycles. The molecule has 0 radical (unpaired) electrons. The Morgan fingerprint density at radius 2 is 2.13 bits per heavy atom. The Morgan fingerprint density at radius 3 is 2.92 bits per heavy atom. The van der Waals surface area contributed by atoms with Gasteiger partial charge in [-0.15, -0.1) is 0 Å². The van der Waals surface area contributed by atoms with E-state index in [1.54, 1.807) is 0 Å². The number of hydrogen-bond donors (Lipinski definition) is 3. The second kappa shape index (κ2) is 7.96. The minimum atomic E-state index is -0.677. The molecule has 6 fully saturated rings. The molecule has 6 aliphatic carbocycles. The van der Waals surface area contributed by atoms with Gasteiger partial charge in [0.1, 0.15) is 11.6 Å². The van der Waals surface area contributed by atoms with E-state index >= 15 is 0 Å². The molecule has 9 atom stereocenters. The van der Waals surface area contributed by atoms with Crippen LogP contribution in [0.1, 0.15) is 44.1 Å². The molecule has 4 N–H and O–H groups in total. The summed E-state index contributed by atoms with van der Waals surface area (Å²) in [7, 11) is 1.96. The number of esters is 1. The lowest BCUT2D eigenvalue weighted by atomic mass is 9.42. The van der Waals surface area contributed by atoms with Crippen molar-refractivity contribution < 1.29 is 14.3 Å². The molecule has 2 aliphatic heterocycles. The van der Waals surface area contributed by atoms with Crippen LogP contribution in [-0.2, 0) is 20.7 Å². The number of nitrogens with one attached hydrogen (secondary N) is 2. The number of carbonyl (C=O) groups excluding carboxylic acids is 2. The van der Waals surface area contributed by atoms with Gasteiger partial charge in [0.15, 0.2) is 0 Å². The number of benzene rings is 1. The molecule has 8 heteroatoms. The Kier molecular flexibility index (Phi) is 4.84. The molecule has 202 valence electrons. The number of para-hydroxylation sites is 1. The summed E-state index contributed by atoms with van der Waals surface area (Å²) in [6.07, 6.45) is 7.15. The van der Waals surface area contributed by atoms with Crippen molar-refractivity contribution in [1.82, 2.24) is 15.2 Å². The maximum absolute atomic E-state index is 14.0. The van der Waals surface area contributed by atoms with Crippen LogP contribution in [0.25, 0.3) is 10.9 Å². The van der Waals surface area contributed by atoms with E-state index in [0.29, 0.717) is 30.6 Å². The van der Waals surface area contributed by atoms with Crippen LogP contribution in [-0.4, -0.2) is 59.1 Å². The minimum Gasteiger partial charge on any atom is -0.458 e. The van der Waals surface area contributed by atoms with E-state index in [0.717, 1.165) is 48.7 Å². The minimum absolute atomic E-state index is 0.0716. The first-order valence-corrected chi connectivity index (χ1v) is 14.5. The van der Waals surface area contributed by atoms with Gasteiger partial charge in [-0.3, -0.25) is 9.59 Å². The zero-order valence-electron chi connectivity index (χ0n) is 22.3. The highest BCUT2D eigenvalue weighted by molar-refractivity contribution is 5.89. The van der Waals surface area contributed by atoms with Gasteiger partial charge in [0.2, 0.25) is 5.91 Å². The molecule has 1 aromatic carbocycles. The first-order chi connectivity index (χ1) is 18.9. The third-order valence-electron chi connectivity index (χ3n) is 11.2. The molecule has 1 saturated heterocycles. The molecule has 6 bridgehead atoms. The van der Waals surface area contributed by atoms with Crippen LogP contribution in [0.3, 0.4) is 0 Å². The van der Waals surface area contributed by atoms with Gasteiger partial charge >= 0.3 is 5.97 Å². The fourth-order valence-electron chi connectivity index (χ4n) is 9.75. The van der Waals surface area contributed by atoms with E-state index in [1.165, 1.54) is 11.1 Å². The molecule has 3 heterocycles. The van der Waals surface area contributed by atoms with Crippen molar-refractivity contribution in [2.75, 3.05) is 13.6 Å². The fraction of sp³-hybridized carbons (Fsp3) is 0.581. The van der Waals surface area contributed by atoms with Crippen molar-refractivity contribution >= 4 is 22.8 Å². The number of ether oxygens (including phenoxy) is 1. The van der Waals surface area contributed by atoms with Gasteiger partial charge in [-0.2, -0.15) is 5.26 Å². The van der Waals surface area contributed by atoms with Gasteiger partial charge in [-0.1, -0.05) is 23.8 Å². The smallest absolute Gasteiger partial charge is 0.310 e. The first kappa shape index (κ1) is 23.7. The third-order valence-corrected chi connectivity index (χ3v) is 11.2. The van der Waals surface area contributed by atoms with E-state index in [-0.39, 0.29) is 30.3 Å². The van der Waals surface area contributed by atoms with Crippen LogP contribution < -0.4 is 11.1 Å². The quantitative estimate of drug-likeness (QED) is 0.377. The average molecular weight is 526 g/mol. The van der Waals surface area contributed by atoms with Crippen LogP contribution in [0.5, 0.6) is 0 Å². The Labute approximate surface area is 227 Å². The fourth-order valence-corrected chi connectivity index (χ4v) is 9.75. The van der Waals surface area contributed by atoms with E-state index in [2.05, 4.69) is 16.4 Å². The predicted molar refractivity (Wildman–Crippen MR) is 144 cm³/mol. The number of amides is 1. The number of nitrogens with two attached hydrogens (primary N) is 1. The summed E-state index contributed by atoms with van der Waals surface area (Å²) >= 11 is 0. The molecular weight excluding hydrogens is 490 g/mol. The Morgan fingerprint density at radius 1 is 1.31 bits per heavy atom. The molecular formula is C31H35N5O3. The van der Waals surface area contributed by atoms with Crippen molar-refractivity contribution in [2.45, 2.75) is 68.7 Å². The number of carbonyl (C=O) groups is 2. The number of rotatable bonds is 7. The molecule has 39 heavy (non-hydrogen) atoms. The molecule has 5 unspecified atom stereocenters. The van der Waals surface area contributed by atoms with Gasteiger partial charge in [0, 0.05) is 41.9 Å². The SMILES string of the molecule is CNCC1C2CC3CC1(OC(=O)Cc1c[nH]c4ccccc14)CC([C@H](N)C(=O)N1[C@H](C#N)CC4=C5[C@@H]4[C@@H]51)(C3)C2. The maximum Gasteiger partial charge on any atom is 0.310 e. The highest BCUT2D eigenvalue weighted by atomic mass is 16.6. The largest absolute Gasteiger partial charge is 0.458 e. The van der Waals surface area contributed by atoms with Crippen molar-refractivity contribution in [3.8, 4) is 6.07 Å². The predicted octanol–water partition coefficient (Wildman–Crippen LogP) is 2.80. The number of aromatic amines is 1. The molecule has 1 aromatic heterocycles.